The number of nitro groups is 1. The molecule has 4 N–H and O–H groups in total. The van der Waals surface area contributed by atoms with E-state index in [-0.39, 0.29) is 29.8 Å². The minimum absolute atomic E-state index is 0.0421. The quantitative estimate of drug-likeness (QED) is 0.156. The second-order valence-corrected chi connectivity index (χ2v) is 10.4. The summed E-state index contributed by atoms with van der Waals surface area (Å²) in [6.45, 7) is 1.55. The van der Waals surface area contributed by atoms with Gasteiger partial charge in [0.15, 0.2) is 5.75 Å². The lowest BCUT2D eigenvalue weighted by Crippen LogP contribution is -2.39. The average molecular weight is 606 g/mol. The summed E-state index contributed by atoms with van der Waals surface area (Å²) in [6, 6.07) is 17.0. The molecule has 0 spiro atoms. The number of nitrogens with one attached hydrogen (secondary N) is 2. The van der Waals surface area contributed by atoms with Crippen molar-refractivity contribution in [3.63, 3.8) is 0 Å². The number of methoxy groups -OCH3 is 1. The van der Waals surface area contributed by atoms with Crippen molar-refractivity contribution in [3.8, 4) is 16.9 Å². The number of halogens is 3. The molecule has 44 heavy (non-hydrogen) atoms. The van der Waals surface area contributed by atoms with Gasteiger partial charge in [0.25, 0.3) is 5.91 Å². The Hall–Kier alpha value is -5.46. The zero-order valence-electron chi connectivity index (χ0n) is 23.5. The van der Waals surface area contributed by atoms with Crippen LogP contribution >= 0.6 is 0 Å². The molecular formula is C31H26F3N5O5. The number of benzene rings is 3. The number of anilines is 3. The Morgan fingerprint density at radius 1 is 1.00 bits per heavy atom. The van der Waals surface area contributed by atoms with Gasteiger partial charge >= 0.3 is 11.9 Å². The summed E-state index contributed by atoms with van der Waals surface area (Å²) in [5.74, 6) is -1.10. The number of nitrogens with two attached hydrogens (primary N) is 1. The molecule has 10 nitrogen and oxygen atoms in total. The summed E-state index contributed by atoms with van der Waals surface area (Å²) in [4.78, 5) is 40.2. The maximum Gasteiger partial charge on any atom is 0.433 e. The molecule has 1 atom stereocenters. The maximum absolute atomic E-state index is 13.5. The molecule has 0 saturated heterocycles. The highest BCUT2D eigenvalue weighted by molar-refractivity contribution is 6.12. The molecule has 0 bridgehead atoms. The standard InChI is InChI=1S/C31H26F3N5O5/c1-30(29(35)41,12-11-17-4-3-13-36-27(17)31(32,33)34)20-7-9-22-24(16-20)38-28(40)21-8-5-18(14-23(21)37-22)19-6-10-25(39(42)43)26(15-19)44-2/h3-10,13-16,37H,11-12H2,1-2H3,(H2,35,41)(H,38,40). The number of carbonyl (C=O) groups excluding carboxylic acids is 2. The minimum Gasteiger partial charge on any atom is -0.490 e. The molecule has 0 radical (unpaired) electrons. The Morgan fingerprint density at radius 2 is 1.73 bits per heavy atom. The number of aryl methyl sites for hydroxylation is 1. The Morgan fingerprint density at radius 3 is 2.41 bits per heavy atom. The number of carbonyl (C=O) groups is 2. The number of amides is 2. The third-order valence-corrected chi connectivity index (χ3v) is 7.75. The van der Waals surface area contributed by atoms with Crippen LogP contribution in [0.25, 0.3) is 11.1 Å². The maximum atomic E-state index is 13.5. The molecule has 0 saturated carbocycles. The van der Waals surface area contributed by atoms with Crippen LogP contribution in [0.5, 0.6) is 5.75 Å². The summed E-state index contributed by atoms with van der Waals surface area (Å²) in [5, 5.41) is 17.3. The summed E-state index contributed by atoms with van der Waals surface area (Å²) < 4.78 is 45.7. The molecule has 5 rings (SSSR count). The van der Waals surface area contributed by atoms with Crippen molar-refractivity contribution in [2.24, 2.45) is 5.73 Å². The van der Waals surface area contributed by atoms with E-state index in [9.17, 15) is 32.9 Å². The van der Waals surface area contributed by atoms with Crippen LogP contribution in [0.3, 0.4) is 0 Å². The van der Waals surface area contributed by atoms with Gasteiger partial charge in [0.05, 0.1) is 40.1 Å². The number of nitro benzene ring substituents is 1. The summed E-state index contributed by atoms with van der Waals surface area (Å²) in [6.07, 6.45) is -3.75. The van der Waals surface area contributed by atoms with Crippen molar-refractivity contribution in [1.82, 2.24) is 4.98 Å². The summed E-state index contributed by atoms with van der Waals surface area (Å²) in [7, 11) is 1.34. The Kier molecular flexibility index (Phi) is 7.72. The van der Waals surface area contributed by atoms with Crippen LogP contribution in [0.15, 0.2) is 72.9 Å². The Labute approximate surface area is 249 Å². The number of rotatable bonds is 8. The highest BCUT2D eigenvalue weighted by Crippen LogP contribution is 2.40. The largest absolute Gasteiger partial charge is 0.490 e. The van der Waals surface area contributed by atoms with Crippen molar-refractivity contribution in [2.45, 2.75) is 31.4 Å². The molecule has 1 aromatic heterocycles. The van der Waals surface area contributed by atoms with Crippen molar-refractivity contribution in [2.75, 3.05) is 17.7 Å². The van der Waals surface area contributed by atoms with Gasteiger partial charge in [0.1, 0.15) is 5.69 Å². The Balaban J connectivity index is 1.46. The van der Waals surface area contributed by atoms with Crippen LogP contribution in [0, 0.1) is 10.1 Å². The fourth-order valence-electron chi connectivity index (χ4n) is 5.16. The average Bonchev–Trinajstić information content (AvgIpc) is 3.13. The zero-order valence-corrected chi connectivity index (χ0v) is 23.5. The first kappa shape index (κ1) is 30.0. The SMILES string of the molecule is COc1cc(-c2ccc3c(c2)Nc2ccc(C(C)(CCc4cccnc4C(F)(F)F)C(N)=O)cc2NC3=O)ccc1[N+](=O)[O-]. The van der Waals surface area contributed by atoms with Crippen molar-refractivity contribution in [3.05, 3.63) is 105 Å². The molecule has 2 amide bonds. The van der Waals surface area contributed by atoms with E-state index in [2.05, 4.69) is 15.6 Å². The second-order valence-electron chi connectivity index (χ2n) is 10.4. The number of primary amides is 1. The predicted molar refractivity (Wildman–Crippen MR) is 157 cm³/mol. The van der Waals surface area contributed by atoms with Crippen LogP contribution < -0.4 is 21.1 Å². The molecule has 0 aliphatic carbocycles. The van der Waals surface area contributed by atoms with Crippen molar-refractivity contribution in [1.29, 1.82) is 0 Å². The highest BCUT2D eigenvalue weighted by Gasteiger charge is 2.38. The molecular weight excluding hydrogens is 579 g/mol. The smallest absolute Gasteiger partial charge is 0.433 e. The van der Waals surface area contributed by atoms with Gasteiger partial charge in [0, 0.05) is 12.3 Å². The van der Waals surface area contributed by atoms with Crippen LogP contribution in [0.4, 0.5) is 35.9 Å². The minimum atomic E-state index is -4.65. The van der Waals surface area contributed by atoms with E-state index < -0.39 is 34.0 Å². The first-order chi connectivity index (χ1) is 20.8. The van der Waals surface area contributed by atoms with Gasteiger partial charge in [-0.25, -0.2) is 0 Å². The highest BCUT2D eigenvalue weighted by atomic mass is 19.4. The summed E-state index contributed by atoms with van der Waals surface area (Å²) >= 11 is 0. The van der Waals surface area contributed by atoms with Crippen LogP contribution in [0.1, 0.15) is 40.5 Å². The van der Waals surface area contributed by atoms with Gasteiger partial charge < -0.3 is 21.1 Å². The van der Waals surface area contributed by atoms with Gasteiger partial charge in [-0.3, -0.25) is 24.7 Å². The van der Waals surface area contributed by atoms with E-state index in [0.29, 0.717) is 39.3 Å². The first-order valence-corrected chi connectivity index (χ1v) is 13.3. The van der Waals surface area contributed by atoms with E-state index in [0.717, 1.165) is 6.20 Å². The van der Waals surface area contributed by atoms with Crippen LogP contribution in [0.2, 0.25) is 0 Å². The number of pyridine rings is 1. The van der Waals surface area contributed by atoms with Gasteiger partial charge in [0.2, 0.25) is 5.91 Å². The number of hydrogen-bond donors (Lipinski definition) is 3. The number of hydrogen-bond acceptors (Lipinski definition) is 7. The topological polar surface area (TPSA) is 149 Å². The monoisotopic (exact) mass is 605 g/mol. The summed E-state index contributed by atoms with van der Waals surface area (Å²) in [5.41, 5.74) is 6.45. The molecule has 4 aromatic rings. The second kappa shape index (κ2) is 11.3. The molecule has 1 aliphatic heterocycles. The fourth-order valence-corrected chi connectivity index (χ4v) is 5.16. The van der Waals surface area contributed by atoms with Crippen molar-refractivity contribution >= 4 is 34.6 Å². The number of nitrogens with zero attached hydrogens (tertiary/aromatic N) is 2. The lowest BCUT2D eigenvalue weighted by atomic mass is 9.76. The lowest BCUT2D eigenvalue weighted by Gasteiger charge is -2.28. The number of ether oxygens (including phenoxy) is 1. The van der Waals surface area contributed by atoms with E-state index in [1.807, 2.05) is 0 Å². The molecule has 1 unspecified atom stereocenters. The molecule has 226 valence electrons. The number of fused-ring (bicyclic) bond motifs is 2. The zero-order chi connectivity index (χ0) is 31.8. The van der Waals surface area contributed by atoms with Crippen LogP contribution in [-0.4, -0.2) is 28.8 Å². The molecule has 1 aliphatic rings. The van der Waals surface area contributed by atoms with E-state index in [4.69, 9.17) is 10.5 Å². The van der Waals surface area contributed by atoms with Gasteiger partial charge in [-0.2, -0.15) is 13.2 Å². The Bertz CT molecular complexity index is 1810. The molecule has 2 heterocycles. The van der Waals surface area contributed by atoms with E-state index in [1.165, 1.54) is 31.4 Å². The molecule has 3 aromatic carbocycles. The third kappa shape index (κ3) is 5.63. The predicted octanol–water partition coefficient (Wildman–Crippen LogP) is 6.37. The molecule has 0 fully saturated rings. The lowest BCUT2D eigenvalue weighted by molar-refractivity contribution is -0.385. The van der Waals surface area contributed by atoms with Gasteiger partial charge in [-0.15, -0.1) is 0 Å². The molecule has 13 heteroatoms. The first-order valence-electron chi connectivity index (χ1n) is 13.3. The van der Waals surface area contributed by atoms with Crippen molar-refractivity contribution < 1.29 is 32.4 Å². The van der Waals surface area contributed by atoms with E-state index in [1.54, 1.807) is 49.4 Å². The van der Waals surface area contributed by atoms with Gasteiger partial charge in [-0.1, -0.05) is 18.2 Å². The van der Waals surface area contributed by atoms with E-state index >= 15 is 0 Å². The number of aromatic nitrogens is 1. The van der Waals surface area contributed by atoms with Gasteiger partial charge in [-0.05, 0) is 84.5 Å². The normalized spacial score (nSPS) is 13.8. The fraction of sp³-hybridized carbons (Fsp3) is 0.194. The third-order valence-electron chi connectivity index (χ3n) is 7.75. The van der Waals surface area contributed by atoms with Crippen LogP contribution in [-0.2, 0) is 22.8 Å². The number of alkyl halides is 3.